The fraction of sp³-hybridized carbons (Fsp3) is 0.200. The van der Waals surface area contributed by atoms with E-state index in [0.29, 0.717) is 0 Å². The average molecular weight is 366 g/mol. The number of hydrogen-bond donors (Lipinski definition) is 1. The van der Waals surface area contributed by atoms with E-state index < -0.39 is 0 Å². The number of halogens is 1. The maximum absolute atomic E-state index is 13.2. The van der Waals surface area contributed by atoms with Crippen molar-refractivity contribution >= 4 is 17.5 Å². The molecule has 0 spiro atoms. The lowest BCUT2D eigenvalue weighted by atomic mass is 9.87. The topological polar surface area (TPSA) is 42.7 Å². The average Bonchev–Trinajstić information content (AvgIpc) is 3.05. The number of nitrogens with one attached hydrogen (secondary N) is 1. The summed E-state index contributed by atoms with van der Waals surface area (Å²) >= 11 is 1.49. The third-order valence-corrected chi connectivity index (χ3v) is 5.14. The molecule has 1 N–H and O–H groups in total. The number of thioether (sulfide) groups is 1. The van der Waals surface area contributed by atoms with Gasteiger partial charge in [0.1, 0.15) is 5.82 Å². The van der Waals surface area contributed by atoms with Crippen LogP contribution in [0.3, 0.4) is 0 Å². The molecule has 1 aromatic heterocycles. The highest BCUT2D eigenvalue weighted by Crippen LogP contribution is 2.32. The van der Waals surface area contributed by atoms with Crippen LogP contribution in [0, 0.1) is 5.82 Å². The van der Waals surface area contributed by atoms with E-state index >= 15 is 0 Å². The van der Waals surface area contributed by atoms with Gasteiger partial charge in [-0.05, 0) is 35.2 Å². The van der Waals surface area contributed by atoms with Gasteiger partial charge in [0.2, 0.25) is 5.16 Å². The molecule has 0 saturated heterocycles. The highest BCUT2D eigenvalue weighted by molar-refractivity contribution is 8.02. The molecule has 0 saturated carbocycles. The maximum atomic E-state index is 13.2. The van der Waals surface area contributed by atoms with E-state index in [1.54, 1.807) is 12.1 Å². The van der Waals surface area contributed by atoms with Crippen LogP contribution in [-0.2, 0) is 5.41 Å². The lowest BCUT2D eigenvalue weighted by molar-refractivity contribution is 0.590. The van der Waals surface area contributed by atoms with Crippen LogP contribution in [0.25, 0.3) is 17.1 Å². The van der Waals surface area contributed by atoms with Gasteiger partial charge < -0.3 is 0 Å². The molecule has 3 aromatic rings. The lowest BCUT2D eigenvalue weighted by Gasteiger charge is -2.20. The summed E-state index contributed by atoms with van der Waals surface area (Å²) in [6.07, 6.45) is 0. The molecule has 0 unspecified atom stereocenters. The first-order valence-corrected chi connectivity index (χ1v) is 9.26. The van der Waals surface area contributed by atoms with E-state index in [2.05, 4.69) is 60.7 Å². The highest BCUT2D eigenvalue weighted by atomic mass is 32.2. The summed E-state index contributed by atoms with van der Waals surface area (Å²) in [7, 11) is 0. The number of benzene rings is 2. The van der Waals surface area contributed by atoms with Crippen molar-refractivity contribution in [3.05, 3.63) is 70.9 Å². The van der Waals surface area contributed by atoms with Gasteiger partial charge in [-0.2, -0.15) is 0 Å². The number of fused-ring (bicyclic) bond motifs is 1. The molecule has 0 bridgehead atoms. The zero-order valence-electron chi connectivity index (χ0n) is 14.8. The largest absolute Gasteiger partial charge is 0.289 e. The molecule has 1 aliphatic heterocycles. The standard InChI is InChI=1S/C20H19FN4S/c1-20(2,3)15-8-4-14(5-9-15)18-22-23-19-25(18)24-17(12-26-19)13-6-10-16(21)11-7-13/h4-12,24H,1-3H3. The van der Waals surface area contributed by atoms with Crippen molar-refractivity contribution in [2.45, 2.75) is 31.3 Å². The van der Waals surface area contributed by atoms with Crippen LogP contribution >= 0.6 is 11.8 Å². The molecular weight excluding hydrogens is 347 g/mol. The zero-order chi connectivity index (χ0) is 18.3. The van der Waals surface area contributed by atoms with E-state index in [0.717, 1.165) is 27.8 Å². The molecular formula is C20H19FN4S. The van der Waals surface area contributed by atoms with Crippen molar-refractivity contribution in [1.82, 2.24) is 14.9 Å². The third-order valence-electron chi connectivity index (χ3n) is 4.31. The van der Waals surface area contributed by atoms with E-state index in [1.807, 2.05) is 10.1 Å². The van der Waals surface area contributed by atoms with Crippen molar-refractivity contribution in [3.63, 3.8) is 0 Å². The second-order valence-electron chi connectivity index (χ2n) is 7.24. The third kappa shape index (κ3) is 3.12. The van der Waals surface area contributed by atoms with Gasteiger partial charge in [0.15, 0.2) is 5.82 Å². The normalized spacial score (nSPS) is 13.8. The van der Waals surface area contributed by atoms with Gasteiger partial charge in [-0.15, -0.1) is 10.2 Å². The number of nitrogens with zero attached hydrogens (tertiary/aromatic N) is 3. The minimum atomic E-state index is -0.248. The van der Waals surface area contributed by atoms with Gasteiger partial charge in [0.05, 0.1) is 5.70 Å². The molecule has 2 aromatic carbocycles. The van der Waals surface area contributed by atoms with Gasteiger partial charge in [-0.1, -0.05) is 56.8 Å². The van der Waals surface area contributed by atoms with Gasteiger partial charge in [0.25, 0.3) is 0 Å². The number of rotatable bonds is 2. The lowest BCUT2D eigenvalue weighted by Crippen LogP contribution is -2.18. The molecule has 1 aliphatic rings. The minimum Gasteiger partial charge on any atom is -0.289 e. The highest BCUT2D eigenvalue weighted by Gasteiger charge is 2.20. The Hall–Kier alpha value is -2.60. The first kappa shape index (κ1) is 16.8. The van der Waals surface area contributed by atoms with E-state index in [4.69, 9.17) is 0 Å². The Labute approximate surface area is 156 Å². The van der Waals surface area contributed by atoms with Crippen LogP contribution in [0.1, 0.15) is 31.9 Å². The Bertz CT molecular complexity index is 967. The molecule has 26 heavy (non-hydrogen) atoms. The Morgan fingerprint density at radius 2 is 1.58 bits per heavy atom. The molecule has 2 heterocycles. The monoisotopic (exact) mass is 366 g/mol. The fourth-order valence-electron chi connectivity index (χ4n) is 2.77. The molecule has 6 heteroatoms. The molecule has 0 aliphatic carbocycles. The number of hydrogen-bond acceptors (Lipinski definition) is 4. The summed E-state index contributed by atoms with van der Waals surface area (Å²) in [4.78, 5) is 0. The maximum Gasteiger partial charge on any atom is 0.214 e. The predicted molar refractivity (Wildman–Crippen MR) is 104 cm³/mol. The summed E-state index contributed by atoms with van der Waals surface area (Å²) in [5.41, 5.74) is 7.50. The molecule has 0 amide bonds. The number of aromatic nitrogens is 3. The summed E-state index contributed by atoms with van der Waals surface area (Å²) < 4.78 is 15.0. The van der Waals surface area contributed by atoms with Crippen LogP contribution in [0.4, 0.5) is 4.39 Å². The SMILES string of the molecule is CC(C)(C)c1ccc(-c2nnc3n2NC(c2ccc(F)cc2)=CS3)cc1. The Morgan fingerprint density at radius 1 is 0.923 bits per heavy atom. The van der Waals surface area contributed by atoms with Crippen molar-refractivity contribution in [1.29, 1.82) is 0 Å². The summed E-state index contributed by atoms with van der Waals surface area (Å²) in [6, 6.07) is 14.8. The van der Waals surface area contributed by atoms with Crippen LogP contribution in [-0.4, -0.2) is 14.9 Å². The Kier molecular flexibility index (Phi) is 4.07. The van der Waals surface area contributed by atoms with Crippen LogP contribution in [0.15, 0.2) is 59.1 Å². The minimum absolute atomic E-state index is 0.107. The van der Waals surface area contributed by atoms with Gasteiger partial charge in [0, 0.05) is 16.5 Å². The van der Waals surface area contributed by atoms with Gasteiger partial charge in [-0.25, -0.2) is 9.07 Å². The first-order valence-electron chi connectivity index (χ1n) is 8.38. The molecule has 4 nitrogen and oxygen atoms in total. The summed E-state index contributed by atoms with van der Waals surface area (Å²) in [5.74, 6) is 0.503. The van der Waals surface area contributed by atoms with E-state index in [1.165, 1.54) is 29.5 Å². The molecule has 4 rings (SSSR count). The quantitative estimate of drug-likeness (QED) is 0.691. The predicted octanol–water partition coefficient (Wildman–Crippen LogP) is 5.03. The molecule has 132 valence electrons. The van der Waals surface area contributed by atoms with Crippen molar-refractivity contribution in [3.8, 4) is 11.4 Å². The fourth-order valence-corrected chi connectivity index (χ4v) is 3.51. The van der Waals surface area contributed by atoms with Crippen LogP contribution < -0.4 is 5.43 Å². The molecule has 0 radical (unpaired) electrons. The van der Waals surface area contributed by atoms with Crippen LogP contribution in [0.2, 0.25) is 0 Å². The van der Waals surface area contributed by atoms with Gasteiger partial charge in [-0.3, -0.25) is 5.43 Å². The van der Waals surface area contributed by atoms with Crippen molar-refractivity contribution in [2.24, 2.45) is 0 Å². The summed E-state index contributed by atoms with van der Waals surface area (Å²) in [5, 5.41) is 11.3. The second kappa shape index (κ2) is 6.29. The molecule has 0 fully saturated rings. The summed E-state index contributed by atoms with van der Waals surface area (Å²) in [6.45, 7) is 6.58. The first-order chi connectivity index (χ1) is 12.4. The Morgan fingerprint density at radius 3 is 2.23 bits per heavy atom. The second-order valence-corrected chi connectivity index (χ2v) is 8.07. The zero-order valence-corrected chi connectivity index (χ0v) is 15.6. The molecule has 0 atom stereocenters. The van der Waals surface area contributed by atoms with Gasteiger partial charge >= 0.3 is 0 Å². The van der Waals surface area contributed by atoms with E-state index in [-0.39, 0.29) is 11.2 Å². The van der Waals surface area contributed by atoms with Crippen LogP contribution in [0.5, 0.6) is 0 Å². The smallest absolute Gasteiger partial charge is 0.214 e. The van der Waals surface area contributed by atoms with Crippen molar-refractivity contribution in [2.75, 3.05) is 5.43 Å². The van der Waals surface area contributed by atoms with Crippen molar-refractivity contribution < 1.29 is 4.39 Å². The Balaban J connectivity index is 1.65. The van der Waals surface area contributed by atoms with E-state index in [9.17, 15) is 4.39 Å².